The van der Waals surface area contributed by atoms with Crippen molar-refractivity contribution in [3.05, 3.63) is 47.3 Å². The summed E-state index contributed by atoms with van der Waals surface area (Å²) in [5.41, 5.74) is 1.00. The van der Waals surface area contributed by atoms with Crippen LogP contribution in [0.15, 0.2) is 47.3 Å². The number of hydrogen-bond donors (Lipinski definition) is 1. The van der Waals surface area contributed by atoms with Crippen LogP contribution in [-0.4, -0.2) is 46.2 Å². The van der Waals surface area contributed by atoms with Gasteiger partial charge in [0.1, 0.15) is 5.82 Å². The Balaban J connectivity index is 1.54. The van der Waals surface area contributed by atoms with E-state index in [9.17, 15) is 0 Å². The van der Waals surface area contributed by atoms with Crippen molar-refractivity contribution < 1.29 is 0 Å². The van der Waals surface area contributed by atoms with Crippen LogP contribution in [0.2, 0.25) is 0 Å². The summed E-state index contributed by atoms with van der Waals surface area (Å²) in [6.45, 7) is 3.53. The van der Waals surface area contributed by atoms with E-state index in [-0.39, 0.29) is 0 Å². The summed E-state index contributed by atoms with van der Waals surface area (Å²) in [6.07, 6.45) is 5.21. The molecule has 114 valence electrons. The highest BCUT2D eigenvalue weighted by molar-refractivity contribution is 9.10. The predicted octanol–water partition coefficient (Wildman–Crippen LogP) is 2.76. The Labute approximate surface area is 143 Å². The Morgan fingerprint density at radius 1 is 1.09 bits per heavy atom. The van der Waals surface area contributed by atoms with Crippen molar-refractivity contribution in [1.29, 1.82) is 0 Å². The van der Waals surface area contributed by atoms with Gasteiger partial charge < -0.3 is 15.1 Å². The first kappa shape index (κ1) is 15.2. The zero-order valence-corrected chi connectivity index (χ0v) is 14.3. The van der Waals surface area contributed by atoms with Crippen LogP contribution in [-0.2, 0) is 0 Å². The topological polar surface area (TPSA) is 44.3 Å². The lowest BCUT2D eigenvalue weighted by molar-refractivity contribution is 0.389. The molecule has 0 radical (unpaired) electrons. The molecule has 0 amide bonds. The van der Waals surface area contributed by atoms with E-state index in [4.69, 9.17) is 12.2 Å². The van der Waals surface area contributed by atoms with Crippen LogP contribution in [0.25, 0.3) is 0 Å². The lowest BCUT2D eigenvalue weighted by atomic mass is 10.3. The molecule has 1 aliphatic rings. The molecular weight excluding hydrogens is 362 g/mol. The third-order valence-corrected chi connectivity index (χ3v) is 4.42. The molecule has 1 N–H and O–H groups in total. The van der Waals surface area contributed by atoms with E-state index in [1.54, 1.807) is 18.6 Å². The largest absolute Gasteiger partial charge is 0.352 e. The van der Waals surface area contributed by atoms with E-state index in [1.807, 2.05) is 24.3 Å². The molecule has 3 rings (SSSR count). The van der Waals surface area contributed by atoms with E-state index in [0.29, 0.717) is 0 Å². The van der Waals surface area contributed by atoms with Crippen molar-refractivity contribution in [1.82, 2.24) is 14.9 Å². The van der Waals surface area contributed by atoms with Crippen molar-refractivity contribution in [3.8, 4) is 0 Å². The number of thiocarbonyl (C=S) groups is 1. The predicted molar refractivity (Wildman–Crippen MR) is 96.2 cm³/mol. The summed E-state index contributed by atoms with van der Waals surface area (Å²) < 4.78 is 1.06. The minimum Gasteiger partial charge on any atom is -0.352 e. The lowest BCUT2D eigenvalue weighted by Gasteiger charge is -2.36. The van der Waals surface area contributed by atoms with Gasteiger partial charge in [0.25, 0.3) is 0 Å². The highest BCUT2D eigenvalue weighted by atomic mass is 79.9. The summed E-state index contributed by atoms with van der Waals surface area (Å²) in [5.74, 6) is 0.925. The van der Waals surface area contributed by atoms with Gasteiger partial charge in [0.05, 0.1) is 6.20 Å². The van der Waals surface area contributed by atoms with Crippen LogP contribution in [0.3, 0.4) is 0 Å². The van der Waals surface area contributed by atoms with Crippen LogP contribution in [0.1, 0.15) is 0 Å². The van der Waals surface area contributed by atoms with Crippen LogP contribution < -0.4 is 10.2 Å². The second-order valence-corrected chi connectivity index (χ2v) is 6.28. The Morgan fingerprint density at radius 3 is 2.45 bits per heavy atom. The van der Waals surface area contributed by atoms with Gasteiger partial charge >= 0.3 is 0 Å². The van der Waals surface area contributed by atoms with Crippen LogP contribution in [0.5, 0.6) is 0 Å². The number of nitrogens with one attached hydrogen (secondary N) is 1. The molecule has 2 heterocycles. The first-order valence-electron chi connectivity index (χ1n) is 7.05. The smallest absolute Gasteiger partial charge is 0.173 e. The van der Waals surface area contributed by atoms with Crippen LogP contribution >= 0.6 is 28.1 Å². The van der Waals surface area contributed by atoms with Gasteiger partial charge in [0, 0.05) is 48.7 Å². The van der Waals surface area contributed by atoms with Gasteiger partial charge in [-0.05, 0) is 36.5 Å². The molecule has 0 aliphatic carbocycles. The average molecular weight is 378 g/mol. The molecule has 7 heteroatoms. The Hall–Kier alpha value is -1.73. The molecule has 1 aromatic heterocycles. The molecule has 0 saturated carbocycles. The summed E-state index contributed by atoms with van der Waals surface area (Å²) in [7, 11) is 0. The van der Waals surface area contributed by atoms with Crippen molar-refractivity contribution in [2.75, 3.05) is 36.4 Å². The molecule has 2 aromatic rings. The van der Waals surface area contributed by atoms with E-state index < -0.39 is 0 Å². The van der Waals surface area contributed by atoms with E-state index in [0.717, 1.165) is 47.3 Å². The molecule has 5 nitrogen and oxygen atoms in total. The first-order chi connectivity index (χ1) is 10.7. The summed E-state index contributed by atoms with van der Waals surface area (Å²) in [4.78, 5) is 12.9. The summed E-state index contributed by atoms with van der Waals surface area (Å²) >= 11 is 8.93. The van der Waals surface area contributed by atoms with Gasteiger partial charge in [0.15, 0.2) is 5.11 Å². The number of piperazine rings is 1. The third kappa shape index (κ3) is 3.72. The van der Waals surface area contributed by atoms with Gasteiger partial charge in [-0.1, -0.05) is 15.9 Å². The minimum absolute atomic E-state index is 0.765. The third-order valence-electron chi connectivity index (χ3n) is 3.54. The maximum atomic E-state index is 5.50. The molecule has 0 atom stereocenters. The summed E-state index contributed by atoms with van der Waals surface area (Å²) in [6, 6.07) is 8.01. The zero-order chi connectivity index (χ0) is 15.4. The molecule has 0 spiro atoms. The SMILES string of the molecule is S=C(Nc1ccc(Br)cc1)N1CCN(c2cnccn2)CC1. The maximum Gasteiger partial charge on any atom is 0.173 e. The summed E-state index contributed by atoms with van der Waals surface area (Å²) in [5, 5.41) is 4.05. The highest BCUT2D eigenvalue weighted by Gasteiger charge is 2.19. The number of halogens is 1. The van der Waals surface area contributed by atoms with Crippen molar-refractivity contribution >= 4 is 44.8 Å². The van der Waals surface area contributed by atoms with Gasteiger partial charge in [0.2, 0.25) is 0 Å². The fourth-order valence-corrected chi connectivity index (χ4v) is 2.89. The van der Waals surface area contributed by atoms with Gasteiger partial charge in [-0.25, -0.2) is 4.98 Å². The number of nitrogens with zero attached hydrogens (tertiary/aromatic N) is 4. The molecular formula is C15H16BrN5S. The van der Waals surface area contributed by atoms with Crippen LogP contribution in [0, 0.1) is 0 Å². The van der Waals surface area contributed by atoms with Crippen LogP contribution in [0.4, 0.5) is 11.5 Å². The second kappa shape index (κ2) is 7.02. The average Bonchev–Trinajstić information content (AvgIpc) is 2.58. The number of benzene rings is 1. The van der Waals surface area contributed by atoms with E-state index in [2.05, 4.69) is 41.0 Å². The fourth-order valence-electron chi connectivity index (χ4n) is 2.33. The quantitative estimate of drug-likeness (QED) is 0.811. The van der Waals surface area contributed by atoms with Crippen molar-refractivity contribution in [3.63, 3.8) is 0 Å². The van der Waals surface area contributed by atoms with E-state index >= 15 is 0 Å². The van der Waals surface area contributed by atoms with Gasteiger partial charge in [-0.15, -0.1) is 0 Å². The zero-order valence-electron chi connectivity index (χ0n) is 11.9. The molecule has 1 fully saturated rings. The Morgan fingerprint density at radius 2 is 1.82 bits per heavy atom. The van der Waals surface area contributed by atoms with Gasteiger partial charge in [-0.2, -0.15) is 0 Å². The maximum absolute atomic E-state index is 5.50. The highest BCUT2D eigenvalue weighted by Crippen LogP contribution is 2.16. The Bertz CT molecular complexity index is 626. The van der Waals surface area contributed by atoms with E-state index in [1.165, 1.54) is 0 Å². The molecule has 22 heavy (non-hydrogen) atoms. The van der Waals surface area contributed by atoms with Gasteiger partial charge in [-0.3, -0.25) is 4.98 Å². The minimum atomic E-state index is 0.765. The number of anilines is 2. The molecule has 1 saturated heterocycles. The molecule has 1 aromatic carbocycles. The van der Waals surface area contributed by atoms with Crippen molar-refractivity contribution in [2.24, 2.45) is 0 Å². The number of aromatic nitrogens is 2. The molecule has 1 aliphatic heterocycles. The number of rotatable bonds is 2. The fraction of sp³-hybridized carbons (Fsp3) is 0.267. The lowest BCUT2D eigenvalue weighted by Crippen LogP contribution is -2.50. The molecule has 0 unspecified atom stereocenters. The second-order valence-electron chi connectivity index (χ2n) is 4.97. The monoisotopic (exact) mass is 377 g/mol. The number of hydrogen-bond acceptors (Lipinski definition) is 4. The van der Waals surface area contributed by atoms with Crippen molar-refractivity contribution in [2.45, 2.75) is 0 Å². The first-order valence-corrected chi connectivity index (χ1v) is 8.25. The molecule has 0 bridgehead atoms. The Kier molecular flexibility index (Phi) is 4.84. The standard InChI is InChI=1S/C15H16BrN5S/c16-12-1-3-13(4-2-12)19-15(22)21-9-7-20(8-10-21)14-11-17-5-6-18-14/h1-6,11H,7-10H2,(H,19,22). The normalized spacial score (nSPS) is 14.8.